The Morgan fingerprint density at radius 1 is 1.00 bits per heavy atom. The predicted octanol–water partition coefficient (Wildman–Crippen LogP) is 3.40. The minimum Gasteiger partial charge on any atom is -0.493 e. The number of hydrogen-bond acceptors (Lipinski definition) is 3. The smallest absolute Gasteiger partial charge is 0.315 e. The van der Waals surface area contributed by atoms with Gasteiger partial charge in [-0.05, 0) is 41.8 Å². The Balaban J connectivity index is 1.76. The number of ether oxygens (including phenoxy) is 2. The summed E-state index contributed by atoms with van der Waals surface area (Å²) in [6, 6.07) is 12.9. The highest BCUT2D eigenvalue weighted by Gasteiger charge is 2.05. The minimum atomic E-state index is -0.213. The number of benzene rings is 2. The van der Waals surface area contributed by atoms with E-state index in [-0.39, 0.29) is 6.03 Å². The number of urea groups is 1. The monoisotopic (exact) mass is 348 g/mol. The van der Waals surface area contributed by atoms with Crippen molar-refractivity contribution in [3.05, 3.63) is 58.6 Å². The van der Waals surface area contributed by atoms with Gasteiger partial charge in [0.05, 0.1) is 14.2 Å². The van der Waals surface area contributed by atoms with Crippen LogP contribution in [0.3, 0.4) is 0 Å². The van der Waals surface area contributed by atoms with E-state index in [2.05, 4.69) is 10.6 Å². The lowest BCUT2D eigenvalue weighted by Crippen LogP contribution is -2.36. The molecule has 0 aliphatic carbocycles. The summed E-state index contributed by atoms with van der Waals surface area (Å²) in [5.74, 6) is 1.37. The lowest BCUT2D eigenvalue weighted by molar-refractivity contribution is 0.240. The van der Waals surface area contributed by atoms with Gasteiger partial charge in [-0.3, -0.25) is 0 Å². The molecule has 0 aliphatic rings. The van der Waals surface area contributed by atoms with Gasteiger partial charge in [-0.2, -0.15) is 0 Å². The van der Waals surface area contributed by atoms with Crippen molar-refractivity contribution in [2.24, 2.45) is 0 Å². The van der Waals surface area contributed by atoms with Crippen LogP contribution in [-0.4, -0.2) is 26.8 Å². The van der Waals surface area contributed by atoms with Crippen LogP contribution >= 0.6 is 11.6 Å². The number of amides is 2. The second kappa shape index (κ2) is 9.03. The van der Waals surface area contributed by atoms with Gasteiger partial charge in [-0.1, -0.05) is 29.8 Å². The van der Waals surface area contributed by atoms with E-state index in [1.807, 2.05) is 36.4 Å². The van der Waals surface area contributed by atoms with Crippen molar-refractivity contribution < 1.29 is 14.3 Å². The predicted molar refractivity (Wildman–Crippen MR) is 94.9 cm³/mol. The van der Waals surface area contributed by atoms with E-state index in [9.17, 15) is 4.79 Å². The van der Waals surface area contributed by atoms with Crippen LogP contribution in [0.15, 0.2) is 42.5 Å². The zero-order valence-electron chi connectivity index (χ0n) is 13.8. The summed E-state index contributed by atoms with van der Waals surface area (Å²) in [7, 11) is 3.20. The van der Waals surface area contributed by atoms with Crippen molar-refractivity contribution in [1.82, 2.24) is 10.6 Å². The summed E-state index contributed by atoms with van der Waals surface area (Å²) < 4.78 is 10.5. The second-order valence-corrected chi connectivity index (χ2v) is 5.62. The Kier molecular flexibility index (Phi) is 6.75. The molecule has 0 atom stereocenters. The number of carbonyl (C=O) groups is 1. The van der Waals surface area contributed by atoms with E-state index < -0.39 is 0 Å². The maximum absolute atomic E-state index is 11.8. The fraction of sp³-hybridized carbons (Fsp3) is 0.278. The highest BCUT2D eigenvalue weighted by atomic mass is 35.5. The van der Waals surface area contributed by atoms with Gasteiger partial charge in [-0.15, -0.1) is 0 Å². The molecule has 2 aromatic rings. The molecular weight excluding hydrogens is 328 g/mol. The first-order valence-corrected chi connectivity index (χ1v) is 7.97. The number of methoxy groups -OCH3 is 2. The number of halogens is 1. The van der Waals surface area contributed by atoms with Crippen molar-refractivity contribution >= 4 is 17.6 Å². The summed E-state index contributed by atoms with van der Waals surface area (Å²) in [6.45, 7) is 0.958. The minimum absolute atomic E-state index is 0.213. The lowest BCUT2D eigenvalue weighted by Gasteiger charge is -2.10. The molecule has 128 valence electrons. The Morgan fingerprint density at radius 3 is 2.50 bits per heavy atom. The topological polar surface area (TPSA) is 59.6 Å². The third-order valence-electron chi connectivity index (χ3n) is 3.49. The third kappa shape index (κ3) is 5.35. The molecule has 0 saturated carbocycles. The molecule has 0 radical (unpaired) electrons. The number of nitrogens with one attached hydrogen (secondary N) is 2. The fourth-order valence-corrected chi connectivity index (χ4v) is 2.46. The van der Waals surface area contributed by atoms with Crippen molar-refractivity contribution in [3.8, 4) is 11.5 Å². The maximum Gasteiger partial charge on any atom is 0.315 e. The van der Waals surface area contributed by atoms with Gasteiger partial charge in [0.15, 0.2) is 11.5 Å². The second-order valence-electron chi connectivity index (χ2n) is 5.18. The SMILES string of the molecule is COc1ccc(CCNC(=O)NCc2cccc(Cl)c2)cc1OC. The number of rotatable bonds is 7. The molecule has 0 fully saturated rings. The quantitative estimate of drug-likeness (QED) is 0.806. The summed E-state index contributed by atoms with van der Waals surface area (Å²) >= 11 is 5.91. The zero-order valence-corrected chi connectivity index (χ0v) is 14.5. The van der Waals surface area contributed by atoms with Crippen LogP contribution in [0, 0.1) is 0 Å². The van der Waals surface area contributed by atoms with Crippen LogP contribution in [-0.2, 0) is 13.0 Å². The van der Waals surface area contributed by atoms with Gasteiger partial charge in [0, 0.05) is 18.1 Å². The number of carbonyl (C=O) groups excluding carboxylic acids is 1. The van der Waals surface area contributed by atoms with Crippen LogP contribution in [0.4, 0.5) is 4.79 Å². The first kappa shape index (κ1) is 17.9. The summed E-state index contributed by atoms with van der Waals surface area (Å²) in [5.41, 5.74) is 2.01. The van der Waals surface area contributed by atoms with E-state index in [0.29, 0.717) is 36.0 Å². The Hall–Kier alpha value is -2.40. The molecule has 5 nitrogen and oxygen atoms in total. The molecule has 24 heavy (non-hydrogen) atoms. The van der Waals surface area contributed by atoms with Crippen LogP contribution in [0.1, 0.15) is 11.1 Å². The molecule has 0 heterocycles. The van der Waals surface area contributed by atoms with E-state index >= 15 is 0 Å². The molecule has 6 heteroatoms. The van der Waals surface area contributed by atoms with Crippen molar-refractivity contribution in [2.45, 2.75) is 13.0 Å². The van der Waals surface area contributed by atoms with Crippen molar-refractivity contribution in [3.63, 3.8) is 0 Å². The van der Waals surface area contributed by atoms with Crippen LogP contribution < -0.4 is 20.1 Å². The number of hydrogen-bond donors (Lipinski definition) is 2. The van der Waals surface area contributed by atoms with Gasteiger partial charge >= 0.3 is 6.03 Å². The van der Waals surface area contributed by atoms with Crippen LogP contribution in [0.2, 0.25) is 5.02 Å². The molecule has 0 spiro atoms. The first-order chi connectivity index (χ1) is 11.6. The van der Waals surface area contributed by atoms with E-state index in [1.165, 1.54) is 0 Å². The maximum atomic E-state index is 11.8. The lowest BCUT2D eigenvalue weighted by atomic mass is 10.1. The molecule has 2 amide bonds. The average Bonchev–Trinajstić information content (AvgIpc) is 2.60. The first-order valence-electron chi connectivity index (χ1n) is 7.59. The molecule has 2 rings (SSSR count). The summed E-state index contributed by atoms with van der Waals surface area (Å²) in [4.78, 5) is 11.8. The van der Waals surface area contributed by atoms with Gasteiger partial charge in [0.25, 0.3) is 0 Å². The molecule has 0 unspecified atom stereocenters. The van der Waals surface area contributed by atoms with Crippen LogP contribution in [0.5, 0.6) is 11.5 Å². The highest BCUT2D eigenvalue weighted by Crippen LogP contribution is 2.27. The molecule has 2 N–H and O–H groups in total. The van der Waals surface area contributed by atoms with Crippen molar-refractivity contribution in [1.29, 1.82) is 0 Å². The molecule has 2 aromatic carbocycles. The van der Waals surface area contributed by atoms with Gasteiger partial charge in [-0.25, -0.2) is 4.79 Å². The Bertz CT molecular complexity index is 692. The molecule has 0 aromatic heterocycles. The van der Waals surface area contributed by atoms with Gasteiger partial charge < -0.3 is 20.1 Å². The largest absolute Gasteiger partial charge is 0.493 e. The van der Waals surface area contributed by atoms with Crippen molar-refractivity contribution in [2.75, 3.05) is 20.8 Å². The Morgan fingerprint density at radius 2 is 1.79 bits per heavy atom. The molecule has 0 saturated heterocycles. The standard InChI is InChI=1S/C18H21ClN2O3/c1-23-16-7-6-13(11-17(16)24-2)8-9-20-18(22)21-12-14-4-3-5-15(19)10-14/h3-7,10-11H,8-9,12H2,1-2H3,(H2,20,21,22). The van der Waals surface area contributed by atoms with E-state index in [4.69, 9.17) is 21.1 Å². The van der Waals surface area contributed by atoms with Gasteiger partial charge in [0.2, 0.25) is 0 Å². The average molecular weight is 349 g/mol. The fourth-order valence-electron chi connectivity index (χ4n) is 2.25. The van der Waals surface area contributed by atoms with E-state index in [0.717, 1.165) is 11.1 Å². The summed E-state index contributed by atoms with van der Waals surface area (Å²) in [6.07, 6.45) is 0.699. The normalized spacial score (nSPS) is 10.1. The Labute approximate surface area is 146 Å². The van der Waals surface area contributed by atoms with E-state index in [1.54, 1.807) is 20.3 Å². The molecule has 0 bridgehead atoms. The highest BCUT2D eigenvalue weighted by molar-refractivity contribution is 6.30. The van der Waals surface area contributed by atoms with Crippen LogP contribution in [0.25, 0.3) is 0 Å². The molecular formula is C18H21ClN2O3. The molecule has 0 aliphatic heterocycles. The summed E-state index contributed by atoms with van der Waals surface area (Å²) in [5, 5.41) is 6.28. The zero-order chi connectivity index (χ0) is 17.4. The third-order valence-corrected chi connectivity index (χ3v) is 3.72. The van der Waals surface area contributed by atoms with Gasteiger partial charge in [0.1, 0.15) is 0 Å².